The Morgan fingerprint density at radius 1 is 1.32 bits per heavy atom. The zero-order valence-electron chi connectivity index (χ0n) is 17.0. The fourth-order valence-electron chi connectivity index (χ4n) is 6.10. The van der Waals surface area contributed by atoms with Crippen molar-refractivity contribution in [2.24, 2.45) is 23.7 Å². The fourth-order valence-corrected chi connectivity index (χ4v) is 6.10. The van der Waals surface area contributed by atoms with Crippen LogP contribution >= 0.6 is 0 Å². The molecule has 4 aliphatic rings. The summed E-state index contributed by atoms with van der Waals surface area (Å²) in [6.07, 6.45) is 3.74. The molecule has 5 rings (SSSR count). The molecule has 0 spiro atoms. The zero-order chi connectivity index (χ0) is 19.6. The Kier molecular flexibility index (Phi) is 4.18. The van der Waals surface area contributed by atoms with Crippen LogP contribution in [0, 0.1) is 23.7 Å². The highest BCUT2D eigenvalue weighted by molar-refractivity contribution is 6.02. The standard InChI is InChI=1S/C23H30N2O3/c1-12-20-21(25-14-5-6-14)16-9-18(16)23(12,2)17-8-13(4-7-15(17)22(20)27)10-24-19(26)11-28-3/h4,7-8,12,14,16,18,20-21,25H,5-6,9-11H2,1-3H3,(H,24,26)/t12-,16?,18?,20+,21?,23+/m0/s1. The number of carbonyl (C=O) groups excluding carboxylic acids is 2. The number of benzene rings is 1. The van der Waals surface area contributed by atoms with E-state index in [2.05, 4.69) is 30.5 Å². The van der Waals surface area contributed by atoms with Gasteiger partial charge in [0.2, 0.25) is 5.91 Å². The molecule has 4 aliphatic carbocycles. The van der Waals surface area contributed by atoms with Gasteiger partial charge in [-0.25, -0.2) is 0 Å². The van der Waals surface area contributed by atoms with Gasteiger partial charge >= 0.3 is 0 Å². The van der Waals surface area contributed by atoms with Gasteiger partial charge in [0.15, 0.2) is 5.78 Å². The van der Waals surface area contributed by atoms with Gasteiger partial charge < -0.3 is 15.4 Å². The van der Waals surface area contributed by atoms with Gasteiger partial charge in [-0.05, 0) is 53.6 Å². The van der Waals surface area contributed by atoms with Gasteiger partial charge in [-0.1, -0.05) is 32.0 Å². The number of amides is 1. The van der Waals surface area contributed by atoms with E-state index in [9.17, 15) is 9.59 Å². The molecule has 3 unspecified atom stereocenters. The van der Waals surface area contributed by atoms with Gasteiger partial charge in [-0.3, -0.25) is 9.59 Å². The van der Waals surface area contributed by atoms with Crippen molar-refractivity contribution in [3.63, 3.8) is 0 Å². The van der Waals surface area contributed by atoms with Crippen molar-refractivity contribution in [1.29, 1.82) is 0 Å². The van der Waals surface area contributed by atoms with Crippen LogP contribution in [-0.2, 0) is 21.5 Å². The average Bonchev–Trinajstić information content (AvgIpc) is 3.57. The maximum absolute atomic E-state index is 13.5. The molecule has 0 aromatic heterocycles. The lowest BCUT2D eigenvalue weighted by molar-refractivity contribution is -0.124. The third-order valence-corrected chi connectivity index (χ3v) is 7.95. The molecule has 6 atom stereocenters. The van der Waals surface area contributed by atoms with Crippen LogP contribution in [0.3, 0.4) is 0 Å². The van der Waals surface area contributed by atoms with E-state index < -0.39 is 0 Å². The van der Waals surface area contributed by atoms with Crippen molar-refractivity contribution >= 4 is 11.7 Å². The number of methoxy groups -OCH3 is 1. The van der Waals surface area contributed by atoms with Crippen LogP contribution in [0.5, 0.6) is 0 Å². The predicted octanol–water partition coefficient (Wildman–Crippen LogP) is 2.43. The van der Waals surface area contributed by atoms with Gasteiger partial charge in [0.1, 0.15) is 6.61 Å². The molecular formula is C23H30N2O3. The van der Waals surface area contributed by atoms with Crippen molar-refractivity contribution in [2.75, 3.05) is 13.7 Å². The fraction of sp³-hybridized carbons (Fsp3) is 0.652. The molecule has 28 heavy (non-hydrogen) atoms. The molecule has 0 saturated heterocycles. The number of ether oxygens (including phenoxy) is 1. The second-order valence-electron chi connectivity index (χ2n) is 9.52. The summed E-state index contributed by atoms with van der Waals surface area (Å²) in [5.74, 6) is 1.91. The molecule has 0 aliphatic heterocycles. The maximum atomic E-state index is 13.5. The van der Waals surface area contributed by atoms with E-state index in [1.807, 2.05) is 12.1 Å². The SMILES string of the molecule is COCC(=O)NCc1ccc2c(c1)[C@]1(C)C3CC3C(NC3CC3)[C@H](C2=O)[C@@H]1C. The first-order chi connectivity index (χ1) is 13.4. The molecule has 3 fully saturated rings. The van der Waals surface area contributed by atoms with Crippen LogP contribution in [0.2, 0.25) is 0 Å². The molecule has 5 nitrogen and oxygen atoms in total. The van der Waals surface area contributed by atoms with Gasteiger partial charge in [0, 0.05) is 37.2 Å². The molecule has 5 heteroatoms. The second kappa shape index (κ2) is 6.39. The largest absolute Gasteiger partial charge is 0.375 e. The number of nitrogens with one attached hydrogen (secondary N) is 2. The Balaban J connectivity index is 1.47. The summed E-state index contributed by atoms with van der Waals surface area (Å²) in [5, 5.41) is 6.72. The minimum atomic E-state index is -0.121. The Labute approximate surface area is 166 Å². The summed E-state index contributed by atoms with van der Waals surface area (Å²) in [4.78, 5) is 25.2. The number of Topliss-reactive ketones (excluding diaryl/α,β-unsaturated/α-hetero) is 1. The number of rotatable bonds is 6. The molecule has 1 aromatic rings. The van der Waals surface area contributed by atoms with Crippen LogP contribution in [0.4, 0.5) is 0 Å². The summed E-state index contributed by atoms with van der Waals surface area (Å²) in [6, 6.07) is 7.16. The molecule has 2 N–H and O–H groups in total. The van der Waals surface area contributed by atoms with Crippen molar-refractivity contribution in [3.8, 4) is 0 Å². The molecule has 1 amide bonds. The monoisotopic (exact) mass is 382 g/mol. The second-order valence-corrected chi connectivity index (χ2v) is 9.52. The first-order valence-corrected chi connectivity index (χ1v) is 10.6. The Morgan fingerprint density at radius 3 is 2.82 bits per heavy atom. The van der Waals surface area contributed by atoms with Gasteiger partial charge in [0.05, 0.1) is 0 Å². The topological polar surface area (TPSA) is 67.4 Å². The number of fused-ring (bicyclic) bond motifs is 6. The maximum Gasteiger partial charge on any atom is 0.246 e. The number of hydrogen-bond acceptors (Lipinski definition) is 4. The van der Waals surface area contributed by atoms with Crippen molar-refractivity contribution in [2.45, 2.75) is 57.2 Å². The summed E-state index contributed by atoms with van der Waals surface area (Å²) in [6.45, 7) is 5.20. The van der Waals surface area contributed by atoms with E-state index >= 15 is 0 Å². The van der Waals surface area contributed by atoms with Gasteiger partial charge in [-0.2, -0.15) is 0 Å². The van der Waals surface area contributed by atoms with Crippen molar-refractivity contribution < 1.29 is 14.3 Å². The Bertz CT molecular complexity index is 833. The van der Waals surface area contributed by atoms with Crippen LogP contribution in [0.15, 0.2) is 18.2 Å². The van der Waals surface area contributed by atoms with E-state index in [0.717, 1.165) is 11.1 Å². The zero-order valence-corrected chi connectivity index (χ0v) is 17.0. The molecular weight excluding hydrogens is 352 g/mol. The highest BCUT2D eigenvalue weighted by Crippen LogP contribution is 2.66. The number of hydrogen-bond donors (Lipinski definition) is 2. The predicted molar refractivity (Wildman–Crippen MR) is 106 cm³/mol. The van der Waals surface area contributed by atoms with Crippen LogP contribution < -0.4 is 10.6 Å². The van der Waals surface area contributed by atoms with Crippen molar-refractivity contribution in [3.05, 3.63) is 34.9 Å². The van der Waals surface area contributed by atoms with E-state index in [1.165, 1.54) is 31.9 Å². The van der Waals surface area contributed by atoms with E-state index in [0.29, 0.717) is 42.2 Å². The van der Waals surface area contributed by atoms with E-state index in [-0.39, 0.29) is 23.8 Å². The molecule has 1 aromatic carbocycles. The number of carbonyl (C=O) groups is 2. The minimum absolute atomic E-state index is 0.0485. The van der Waals surface area contributed by atoms with E-state index in [1.54, 1.807) is 0 Å². The minimum Gasteiger partial charge on any atom is -0.375 e. The van der Waals surface area contributed by atoms with Crippen LogP contribution in [-0.4, -0.2) is 37.5 Å². The first-order valence-electron chi connectivity index (χ1n) is 10.6. The molecule has 2 bridgehead atoms. The van der Waals surface area contributed by atoms with Crippen molar-refractivity contribution in [1.82, 2.24) is 10.6 Å². The highest BCUT2D eigenvalue weighted by Gasteiger charge is 2.67. The summed E-state index contributed by atoms with van der Waals surface area (Å²) in [7, 11) is 1.52. The van der Waals surface area contributed by atoms with Crippen LogP contribution in [0.1, 0.15) is 54.6 Å². The van der Waals surface area contributed by atoms with Crippen LogP contribution in [0.25, 0.3) is 0 Å². The molecule has 3 saturated carbocycles. The van der Waals surface area contributed by atoms with Gasteiger partial charge in [-0.15, -0.1) is 0 Å². The lowest BCUT2D eigenvalue weighted by Gasteiger charge is -2.52. The molecule has 150 valence electrons. The van der Waals surface area contributed by atoms with E-state index in [4.69, 9.17) is 4.74 Å². The third kappa shape index (κ3) is 2.66. The summed E-state index contributed by atoms with van der Waals surface area (Å²) < 4.78 is 4.88. The molecule has 0 heterocycles. The highest BCUT2D eigenvalue weighted by atomic mass is 16.5. The Morgan fingerprint density at radius 2 is 2.11 bits per heavy atom. The summed E-state index contributed by atoms with van der Waals surface area (Å²) in [5.41, 5.74) is 3.22. The smallest absolute Gasteiger partial charge is 0.246 e. The first kappa shape index (κ1) is 18.3. The lowest BCUT2D eigenvalue weighted by atomic mass is 9.52. The normalized spacial score (nSPS) is 37.8. The lowest BCUT2D eigenvalue weighted by Crippen LogP contribution is -2.58. The average molecular weight is 383 g/mol. The third-order valence-electron chi connectivity index (χ3n) is 7.95. The Hall–Kier alpha value is -1.72. The molecule has 0 radical (unpaired) electrons. The quantitative estimate of drug-likeness (QED) is 0.793. The summed E-state index contributed by atoms with van der Waals surface area (Å²) >= 11 is 0. The van der Waals surface area contributed by atoms with Gasteiger partial charge in [0.25, 0.3) is 0 Å². The number of ketones is 1.